The van der Waals surface area contributed by atoms with E-state index < -0.39 is 0 Å². The number of nitrogens with one attached hydrogen (secondary N) is 1. The number of rotatable bonds is 6. The molecule has 0 saturated carbocycles. The molecule has 26 heavy (non-hydrogen) atoms. The maximum absolute atomic E-state index is 12.6. The summed E-state index contributed by atoms with van der Waals surface area (Å²) in [7, 11) is 3.39. The lowest BCUT2D eigenvalue weighted by molar-refractivity contribution is 0.0804. The third-order valence-corrected chi connectivity index (χ3v) is 4.01. The van der Waals surface area contributed by atoms with Gasteiger partial charge in [0.05, 0.1) is 12.8 Å². The van der Waals surface area contributed by atoms with Gasteiger partial charge in [-0.2, -0.15) is 5.10 Å². The average molecular weight is 347 g/mol. The van der Waals surface area contributed by atoms with Crippen molar-refractivity contribution < 1.29 is 9.53 Å². The van der Waals surface area contributed by atoms with Crippen LogP contribution in [0.15, 0.2) is 66.7 Å². The SMILES string of the molecule is COc1cccc(-c2cc(C(=O)N(C)C/C=C/c3ccccc3)[nH]n2)c1. The normalized spacial score (nSPS) is 10.8. The summed E-state index contributed by atoms with van der Waals surface area (Å²) in [4.78, 5) is 14.2. The Kier molecular flexibility index (Phi) is 5.49. The van der Waals surface area contributed by atoms with E-state index in [4.69, 9.17) is 4.74 Å². The fourth-order valence-electron chi connectivity index (χ4n) is 2.56. The van der Waals surface area contributed by atoms with E-state index in [1.54, 1.807) is 25.1 Å². The molecular formula is C21H21N3O2. The predicted octanol–water partition coefficient (Wildman–Crippen LogP) is 3.87. The Bertz CT molecular complexity index is 900. The van der Waals surface area contributed by atoms with E-state index in [1.165, 1.54) is 0 Å². The first kappa shape index (κ1) is 17.5. The Morgan fingerprint density at radius 2 is 1.96 bits per heavy atom. The van der Waals surface area contributed by atoms with Gasteiger partial charge in [-0.15, -0.1) is 0 Å². The van der Waals surface area contributed by atoms with Crippen LogP contribution in [-0.2, 0) is 0 Å². The third-order valence-electron chi connectivity index (χ3n) is 4.01. The van der Waals surface area contributed by atoms with E-state index >= 15 is 0 Å². The Morgan fingerprint density at radius 3 is 2.73 bits per heavy atom. The van der Waals surface area contributed by atoms with E-state index in [0.717, 1.165) is 16.9 Å². The number of amides is 1. The highest BCUT2D eigenvalue weighted by molar-refractivity contribution is 5.93. The molecule has 0 aliphatic carbocycles. The zero-order valence-electron chi connectivity index (χ0n) is 14.8. The first-order valence-electron chi connectivity index (χ1n) is 8.34. The van der Waals surface area contributed by atoms with Crippen LogP contribution in [0.2, 0.25) is 0 Å². The number of ether oxygens (including phenoxy) is 1. The molecule has 5 nitrogen and oxygen atoms in total. The van der Waals surface area contributed by atoms with Crippen LogP contribution in [0.25, 0.3) is 17.3 Å². The zero-order chi connectivity index (χ0) is 18.4. The van der Waals surface area contributed by atoms with Crippen LogP contribution in [0.4, 0.5) is 0 Å². The molecule has 3 rings (SSSR count). The minimum Gasteiger partial charge on any atom is -0.497 e. The fourth-order valence-corrected chi connectivity index (χ4v) is 2.56. The number of H-pyrrole nitrogens is 1. The summed E-state index contributed by atoms with van der Waals surface area (Å²) >= 11 is 0. The van der Waals surface area contributed by atoms with Crippen molar-refractivity contribution in [2.45, 2.75) is 0 Å². The topological polar surface area (TPSA) is 58.2 Å². The van der Waals surface area contributed by atoms with Gasteiger partial charge in [0.25, 0.3) is 5.91 Å². The molecule has 0 atom stereocenters. The summed E-state index contributed by atoms with van der Waals surface area (Å²) in [6.45, 7) is 0.515. The average Bonchev–Trinajstić information content (AvgIpc) is 3.18. The minimum absolute atomic E-state index is 0.107. The Balaban J connectivity index is 1.66. The van der Waals surface area contributed by atoms with Crippen molar-refractivity contribution in [3.05, 3.63) is 78.0 Å². The zero-order valence-corrected chi connectivity index (χ0v) is 14.8. The van der Waals surface area contributed by atoms with E-state index in [0.29, 0.717) is 17.9 Å². The van der Waals surface area contributed by atoms with E-state index in [9.17, 15) is 4.79 Å². The second-order valence-electron chi connectivity index (χ2n) is 5.90. The number of aromatic nitrogens is 2. The van der Waals surface area contributed by atoms with Gasteiger partial charge in [0.2, 0.25) is 0 Å². The van der Waals surface area contributed by atoms with Crippen LogP contribution in [0.5, 0.6) is 5.75 Å². The largest absolute Gasteiger partial charge is 0.497 e. The standard InChI is InChI=1S/C21H21N3O2/c1-24(13-7-10-16-8-4-3-5-9-16)21(25)20-15-19(22-23-20)17-11-6-12-18(14-17)26-2/h3-12,14-15H,13H2,1-2H3,(H,22,23)/b10-7+. The van der Waals surface area contributed by atoms with Gasteiger partial charge in [-0.3, -0.25) is 9.89 Å². The van der Waals surface area contributed by atoms with E-state index in [-0.39, 0.29) is 5.91 Å². The van der Waals surface area contributed by atoms with Gasteiger partial charge >= 0.3 is 0 Å². The number of carbonyl (C=O) groups excluding carboxylic acids is 1. The van der Waals surface area contributed by atoms with Crippen LogP contribution >= 0.6 is 0 Å². The summed E-state index contributed by atoms with van der Waals surface area (Å²) in [6, 6.07) is 19.3. The summed E-state index contributed by atoms with van der Waals surface area (Å²) in [5.41, 5.74) is 3.17. The lowest BCUT2D eigenvalue weighted by Gasteiger charge is -2.13. The van der Waals surface area contributed by atoms with Crippen LogP contribution < -0.4 is 4.74 Å². The van der Waals surface area contributed by atoms with Crippen molar-refractivity contribution in [1.29, 1.82) is 0 Å². The van der Waals surface area contributed by atoms with Gasteiger partial charge in [0.15, 0.2) is 0 Å². The van der Waals surface area contributed by atoms with Crippen molar-refractivity contribution >= 4 is 12.0 Å². The lowest BCUT2D eigenvalue weighted by Crippen LogP contribution is -2.27. The minimum atomic E-state index is -0.107. The summed E-state index contributed by atoms with van der Waals surface area (Å²) < 4.78 is 5.23. The first-order chi connectivity index (χ1) is 12.7. The van der Waals surface area contributed by atoms with E-state index in [1.807, 2.05) is 66.7 Å². The van der Waals surface area contributed by atoms with Crippen molar-refractivity contribution in [1.82, 2.24) is 15.1 Å². The van der Waals surface area contributed by atoms with Crippen molar-refractivity contribution in [3.8, 4) is 17.0 Å². The highest BCUT2D eigenvalue weighted by atomic mass is 16.5. The molecule has 132 valence electrons. The van der Waals surface area contributed by atoms with Crippen LogP contribution in [0.1, 0.15) is 16.1 Å². The molecule has 3 aromatic rings. The van der Waals surface area contributed by atoms with Gasteiger partial charge < -0.3 is 9.64 Å². The van der Waals surface area contributed by atoms with Gasteiger partial charge in [0, 0.05) is 19.2 Å². The molecule has 0 spiro atoms. The monoisotopic (exact) mass is 347 g/mol. The number of likely N-dealkylation sites (N-methyl/N-ethyl adjacent to an activating group) is 1. The smallest absolute Gasteiger partial charge is 0.271 e. The Labute approximate surface area is 152 Å². The number of nitrogens with zero attached hydrogens (tertiary/aromatic N) is 2. The van der Waals surface area contributed by atoms with Crippen molar-refractivity contribution in [3.63, 3.8) is 0 Å². The number of carbonyl (C=O) groups is 1. The molecule has 2 aromatic carbocycles. The predicted molar refractivity (Wildman–Crippen MR) is 103 cm³/mol. The first-order valence-corrected chi connectivity index (χ1v) is 8.34. The molecule has 0 saturated heterocycles. The highest BCUT2D eigenvalue weighted by Gasteiger charge is 2.14. The second-order valence-corrected chi connectivity index (χ2v) is 5.90. The summed E-state index contributed by atoms with van der Waals surface area (Å²) in [5.74, 6) is 0.644. The third kappa shape index (κ3) is 4.19. The van der Waals surface area contributed by atoms with Crippen LogP contribution in [0, 0.1) is 0 Å². The number of benzene rings is 2. The molecular weight excluding hydrogens is 326 g/mol. The molecule has 1 amide bonds. The molecule has 0 fully saturated rings. The number of hydrogen-bond acceptors (Lipinski definition) is 3. The maximum atomic E-state index is 12.6. The molecule has 1 heterocycles. The summed E-state index contributed by atoms with van der Waals surface area (Å²) in [6.07, 6.45) is 3.96. The molecule has 0 bridgehead atoms. The second kappa shape index (κ2) is 8.16. The Morgan fingerprint density at radius 1 is 1.15 bits per heavy atom. The molecule has 0 aliphatic rings. The lowest BCUT2D eigenvalue weighted by atomic mass is 10.1. The molecule has 5 heteroatoms. The highest BCUT2D eigenvalue weighted by Crippen LogP contribution is 2.22. The van der Waals surface area contributed by atoms with Gasteiger partial charge in [0.1, 0.15) is 11.4 Å². The fraction of sp³-hybridized carbons (Fsp3) is 0.143. The Hall–Kier alpha value is -3.34. The molecule has 0 unspecified atom stereocenters. The molecule has 0 radical (unpaired) electrons. The van der Waals surface area contributed by atoms with Crippen molar-refractivity contribution in [2.75, 3.05) is 20.7 Å². The van der Waals surface area contributed by atoms with E-state index in [2.05, 4.69) is 10.2 Å². The summed E-state index contributed by atoms with van der Waals surface area (Å²) in [5, 5.41) is 7.07. The van der Waals surface area contributed by atoms with Gasteiger partial charge in [-0.05, 0) is 23.8 Å². The number of methoxy groups -OCH3 is 1. The molecule has 0 aliphatic heterocycles. The molecule has 1 aromatic heterocycles. The number of hydrogen-bond donors (Lipinski definition) is 1. The van der Waals surface area contributed by atoms with Crippen molar-refractivity contribution in [2.24, 2.45) is 0 Å². The quantitative estimate of drug-likeness (QED) is 0.736. The number of aromatic amines is 1. The van der Waals surface area contributed by atoms with Gasteiger partial charge in [-0.1, -0.05) is 54.6 Å². The molecule has 1 N–H and O–H groups in total. The van der Waals surface area contributed by atoms with Crippen LogP contribution in [-0.4, -0.2) is 41.7 Å². The maximum Gasteiger partial charge on any atom is 0.271 e. The van der Waals surface area contributed by atoms with Gasteiger partial charge in [-0.25, -0.2) is 0 Å². The van der Waals surface area contributed by atoms with Crippen LogP contribution in [0.3, 0.4) is 0 Å².